The molecule has 27 heavy (non-hydrogen) atoms. The number of Topliss-reactive ketones (excluding diaryl/α,β-unsaturated/α-hetero) is 1. The number of nitrogens with two attached hydrogens (primary N) is 1. The lowest BCUT2D eigenvalue weighted by atomic mass is 9.92. The summed E-state index contributed by atoms with van der Waals surface area (Å²) in [5.41, 5.74) is 6.61. The molecule has 3 heterocycles. The van der Waals surface area contributed by atoms with Gasteiger partial charge in [-0.2, -0.15) is 0 Å². The van der Waals surface area contributed by atoms with E-state index in [1.165, 1.54) is 23.9 Å². The number of alkyl halides is 2. The Morgan fingerprint density at radius 1 is 1.37 bits per heavy atom. The molecule has 0 fully saturated rings. The van der Waals surface area contributed by atoms with Gasteiger partial charge in [-0.3, -0.25) is 14.8 Å². The molecule has 0 amide bonds. The van der Waals surface area contributed by atoms with Crippen LogP contribution in [0.4, 0.5) is 8.78 Å². The maximum absolute atomic E-state index is 12.6. The van der Waals surface area contributed by atoms with E-state index in [1.54, 1.807) is 12.3 Å². The highest BCUT2D eigenvalue weighted by Crippen LogP contribution is 2.39. The normalized spacial score (nSPS) is 19.9. The number of thioether (sulfide) groups is 1. The molecular weight excluding hydrogens is 370 g/mol. The van der Waals surface area contributed by atoms with Gasteiger partial charge in [0.2, 0.25) is 0 Å². The first-order chi connectivity index (χ1) is 12.8. The summed E-state index contributed by atoms with van der Waals surface area (Å²) >= 11 is 1.34. The van der Waals surface area contributed by atoms with Gasteiger partial charge in [0.05, 0.1) is 5.69 Å². The van der Waals surface area contributed by atoms with Gasteiger partial charge < -0.3 is 5.73 Å². The number of hydrogen-bond donors (Lipinski definition) is 1. The summed E-state index contributed by atoms with van der Waals surface area (Å²) in [5, 5.41) is 0.431. The van der Waals surface area contributed by atoms with E-state index in [4.69, 9.17) is 5.73 Å². The van der Waals surface area contributed by atoms with E-state index in [9.17, 15) is 13.6 Å². The third-order valence-corrected chi connectivity index (χ3v) is 4.95. The SMILES string of the molecule is C=C1C[C@@](C)(c2cc(CC(=O)c3ccc(C(F)F)cn3)ccn2)N=C(N)S1. The number of aliphatic imine (C=N–C) groups is 1. The molecule has 8 heteroatoms. The van der Waals surface area contributed by atoms with Crippen molar-refractivity contribution in [1.82, 2.24) is 9.97 Å². The van der Waals surface area contributed by atoms with Crippen molar-refractivity contribution in [2.24, 2.45) is 10.7 Å². The topological polar surface area (TPSA) is 81.2 Å². The Bertz CT molecular complexity index is 914. The summed E-state index contributed by atoms with van der Waals surface area (Å²) in [6, 6.07) is 6.08. The van der Waals surface area contributed by atoms with Gasteiger partial charge in [-0.05, 0) is 41.7 Å². The Balaban J connectivity index is 1.80. The average Bonchev–Trinajstić information content (AvgIpc) is 2.61. The molecule has 0 aromatic carbocycles. The highest BCUT2D eigenvalue weighted by Gasteiger charge is 2.32. The van der Waals surface area contributed by atoms with Crippen LogP contribution in [0.3, 0.4) is 0 Å². The minimum Gasteiger partial charge on any atom is -0.378 e. The van der Waals surface area contributed by atoms with Crippen molar-refractivity contribution < 1.29 is 13.6 Å². The average molecular weight is 388 g/mol. The molecule has 1 aliphatic heterocycles. The van der Waals surface area contributed by atoms with E-state index in [2.05, 4.69) is 21.5 Å². The second-order valence-corrected chi connectivity index (χ2v) is 7.67. The molecule has 1 aliphatic rings. The van der Waals surface area contributed by atoms with Crippen molar-refractivity contribution in [3.8, 4) is 0 Å². The molecule has 0 spiro atoms. The van der Waals surface area contributed by atoms with Crippen LogP contribution in [-0.2, 0) is 12.0 Å². The van der Waals surface area contributed by atoms with E-state index >= 15 is 0 Å². The van der Waals surface area contributed by atoms with Crippen molar-refractivity contribution in [3.63, 3.8) is 0 Å². The number of ketones is 1. The third-order valence-electron chi connectivity index (χ3n) is 4.21. The smallest absolute Gasteiger partial charge is 0.265 e. The molecule has 140 valence electrons. The molecule has 0 radical (unpaired) electrons. The zero-order chi connectivity index (χ0) is 19.6. The lowest BCUT2D eigenvalue weighted by Crippen LogP contribution is -2.28. The van der Waals surface area contributed by atoms with Gasteiger partial charge in [0.25, 0.3) is 6.43 Å². The number of amidine groups is 1. The maximum Gasteiger partial charge on any atom is 0.265 e. The van der Waals surface area contributed by atoms with Crippen LogP contribution < -0.4 is 5.73 Å². The minimum atomic E-state index is -2.61. The van der Waals surface area contributed by atoms with Gasteiger partial charge in [0.15, 0.2) is 11.0 Å². The van der Waals surface area contributed by atoms with E-state index in [0.29, 0.717) is 17.3 Å². The van der Waals surface area contributed by atoms with Gasteiger partial charge in [0.1, 0.15) is 11.2 Å². The summed E-state index contributed by atoms with van der Waals surface area (Å²) in [6.45, 7) is 5.89. The fourth-order valence-corrected chi connectivity index (χ4v) is 3.77. The van der Waals surface area contributed by atoms with E-state index in [1.807, 2.05) is 13.0 Å². The van der Waals surface area contributed by atoms with Crippen molar-refractivity contribution in [3.05, 3.63) is 70.7 Å². The van der Waals surface area contributed by atoms with Crippen LogP contribution in [0.25, 0.3) is 0 Å². The van der Waals surface area contributed by atoms with Gasteiger partial charge in [-0.1, -0.05) is 18.3 Å². The first-order valence-electron chi connectivity index (χ1n) is 8.20. The Labute approximate surface area is 159 Å². The van der Waals surface area contributed by atoms with Gasteiger partial charge in [-0.15, -0.1) is 0 Å². The second kappa shape index (κ2) is 7.56. The highest BCUT2D eigenvalue weighted by atomic mass is 32.2. The van der Waals surface area contributed by atoms with Crippen LogP contribution in [0.15, 0.2) is 53.1 Å². The standard InChI is InChI=1S/C19H18F2N4OS/c1-11-9-19(2,25-18(22)27-11)16-8-12(5-6-23-16)7-15(26)14-4-3-13(10-24-14)17(20)21/h3-6,8,10,17H,1,7,9H2,2H3,(H2,22,25)/t19-/m0/s1. The van der Waals surface area contributed by atoms with Crippen LogP contribution in [0.1, 0.15) is 47.1 Å². The number of halogens is 2. The van der Waals surface area contributed by atoms with Crippen molar-refractivity contribution in [2.45, 2.75) is 31.7 Å². The monoisotopic (exact) mass is 388 g/mol. The zero-order valence-electron chi connectivity index (χ0n) is 14.7. The fourth-order valence-electron chi connectivity index (χ4n) is 2.88. The first-order valence-corrected chi connectivity index (χ1v) is 9.02. The Morgan fingerprint density at radius 3 is 2.78 bits per heavy atom. The summed E-state index contributed by atoms with van der Waals surface area (Å²) in [7, 11) is 0. The molecule has 0 unspecified atom stereocenters. The third kappa shape index (κ3) is 4.39. The fraction of sp³-hybridized carbons (Fsp3) is 0.263. The van der Waals surface area contributed by atoms with E-state index < -0.39 is 12.0 Å². The van der Waals surface area contributed by atoms with Crippen LogP contribution in [-0.4, -0.2) is 20.9 Å². The predicted octanol–water partition coefficient (Wildman–Crippen LogP) is 4.02. The number of pyridine rings is 2. The number of hydrogen-bond acceptors (Lipinski definition) is 6. The molecule has 0 bridgehead atoms. The minimum absolute atomic E-state index is 0.0848. The molecule has 0 aliphatic carbocycles. The molecule has 2 aromatic rings. The van der Waals surface area contributed by atoms with Crippen LogP contribution in [0.2, 0.25) is 0 Å². The molecule has 0 saturated heterocycles. The van der Waals surface area contributed by atoms with Crippen molar-refractivity contribution in [1.29, 1.82) is 0 Å². The summed E-state index contributed by atoms with van der Waals surface area (Å²) < 4.78 is 25.2. The highest BCUT2D eigenvalue weighted by molar-refractivity contribution is 8.17. The Kier molecular flexibility index (Phi) is 5.36. The van der Waals surface area contributed by atoms with Crippen molar-refractivity contribution >= 4 is 22.7 Å². The predicted molar refractivity (Wildman–Crippen MR) is 102 cm³/mol. The quantitative estimate of drug-likeness (QED) is 0.783. The van der Waals surface area contributed by atoms with Gasteiger partial charge in [0, 0.05) is 30.8 Å². The van der Waals surface area contributed by atoms with Crippen LogP contribution in [0, 0.1) is 0 Å². The maximum atomic E-state index is 12.6. The number of nitrogens with zero attached hydrogens (tertiary/aromatic N) is 3. The number of aromatic nitrogens is 2. The van der Waals surface area contributed by atoms with Crippen LogP contribution in [0.5, 0.6) is 0 Å². The van der Waals surface area contributed by atoms with Crippen molar-refractivity contribution in [2.75, 3.05) is 0 Å². The molecular formula is C19H18F2N4OS. The lowest BCUT2D eigenvalue weighted by Gasteiger charge is -2.30. The van der Waals surface area contributed by atoms with E-state index in [-0.39, 0.29) is 23.5 Å². The van der Waals surface area contributed by atoms with Gasteiger partial charge in [-0.25, -0.2) is 13.8 Å². The van der Waals surface area contributed by atoms with Gasteiger partial charge >= 0.3 is 0 Å². The Morgan fingerprint density at radius 2 is 2.15 bits per heavy atom. The number of rotatable bonds is 5. The first kappa shape index (κ1) is 19.2. The second-order valence-electron chi connectivity index (χ2n) is 6.47. The molecule has 2 aromatic heterocycles. The zero-order valence-corrected chi connectivity index (χ0v) is 15.5. The Hall–Kier alpha value is -2.61. The molecule has 2 N–H and O–H groups in total. The lowest BCUT2D eigenvalue weighted by molar-refractivity contribution is 0.0987. The number of carbonyl (C=O) groups is 1. The summed E-state index contributed by atoms with van der Waals surface area (Å²) in [5.74, 6) is -0.259. The number of carbonyl (C=O) groups excluding carboxylic acids is 1. The molecule has 3 rings (SSSR count). The summed E-state index contributed by atoms with van der Waals surface area (Å²) in [4.78, 5) is 26.1. The van der Waals surface area contributed by atoms with E-state index in [0.717, 1.165) is 16.7 Å². The molecule has 0 saturated carbocycles. The molecule has 5 nitrogen and oxygen atoms in total. The largest absolute Gasteiger partial charge is 0.378 e. The summed E-state index contributed by atoms with van der Waals surface area (Å²) in [6.07, 6.45) is 0.717. The molecule has 1 atom stereocenters. The van der Waals surface area contributed by atoms with Crippen LogP contribution >= 0.6 is 11.8 Å².